The fraction of sp³-hybridized carbons (Fsp3) is 0. The molecule has 106 valence electrons. The van der Waals surface area contributed by atoms with Crippen molar-refractivity contribution in [3.05, 3.63) is 56.3 Å². The van der Waals surface area contributed by atoms with Gasteiger partial charge in [-0.1, -0.05) is 23.2 Å². The third kappa shape index (κ3) is 3.30. The van der Waals surface area contributed by atoms with E-state index in [0.29, 0.717) is 0 Å². The van der Waals surface area contributed by atoms with Crippen molar-refractivity contribution in [3.63, 3.8) is 0 Å². The van der Waals surface area contributed by atoms with E-state index in [1.807, 2.05) is 36.4 Å². The van der Waals surface area contributed by atoms with E-state index in [2.05, 4.69) is 43.0 Å². The van der Waals surface area contributed by atoms with Crippen molar-refractivity contribution in [2.75, 3.05) is 0 Å². The van der Waals surface area contributed by atoms with Crippen molar-refractivity contribution in [1.29, 1.82) is 0 Å². The van der Waals surface area contributed by atoms with Crippen LogP contribution >= 0.6 is 45.8 Å². The molecule has 2 heterocycles. The van der Waals surface area contributed by atoms with Gasteiger partial charge in [-0.2, -0.15) is 10.2 Å². The Morgan fingerprint density at radius 1 is 0.952 bits per heavy atom. The van der Waals surface area contributed by atoms with Crippen LogP contribution in [0.25, 0.3) is 21.8 Å². The van der Waals surface area contributed by atoms with E-state index in [4.69, 9.17) is 23.2 Å². The van der Waals surface area contributed by atoms with Gasteiger partial charge in [0.1, 0.15) is 3.70 Å². The highest BCUT2D eigenvalue weighted by Gasteiger charge is 2.01. The topological polar surface area (TPSA) is 57.4 Å². The molecule has 2 N–H and O–H groups in total. The molecule has 0 saturated carbocycles. The van der Waals surface area contributed by atoms with Crippen molar-refractivity contribution < 1.29 is 0 Å². The van der Waals surface area contributed by atoms with Gasteiger partial charge in [-0.15, -0.1) is 0 Å². The monoisotopic (exact) mass is 430 g/mol. The van der Waals surface area contributed by atoms with Crippen LogP contribution in [-0.4, -0.2) is 20.4 Å². The maximum Gasteiger partial charge on any atom is 0.104 e. The molecule has 0 aliphatic carbocycles. The molecule has 0 saturated heterocycles. The molecular formula is C14H9Cl2IN4. The molecule has 7 heteroatoms. The zero-order chi connectivity index (χ0) is 14.8. The molecule has 2 aromatic carbocycles. The number of hydrogen-bond donors (Lipinski definition) is 2. The quantitative estimate of drug-likeness (QED) is 0.384. The summed E-state index contributed by atoms with van der Waals surface area (Å²) in [6, 6.07) is 11.3. The predicted octanol–water partition coefficient (Wildman–Crippen LogP) is 5.04. The van der Waals surface area contributed by atoms with Crippen LogP contribution in [0.5, 0.6) is 0 Å². The summed E-state index contributed by atoms with van der Waals surface area (Å²) in [5.74, 6) is 0. The van der Waals surface area contributed by atoms with Crippen LogP contribution in [0, 0.1) is 3.70 Å². The lowest BCUT2D eigenvalue weighted by Crippen LogP contribution is -1.67. The second-order valence-corrected chi connectivity index (χ2v) is 6.25. The Labute approximate surface area is 144 Å². The zero-order valence-electron chi connectivity index (χ0n) is 10.6. The third-order valence-electron chi connectivity index (χ3n) is 2.87. The number of fused-ring (bicyclic) bond motifs is 2. The van der Waals surface area contributed by atoms with Gasteiger partial charge in [0.2, 0.25) is 0 Å². The van der Waals surface area contributed by atoms with Crippen molar-refractivity contribution in [2.45, 2.75) is 0 Å². The molecule has 4 aromatic rings. The average molecular weight is 431 g/mol. The minimum absolute atomic E-state index is 0.723. The number of benzene rings is 2. The zero-order valence-corrected chi connectivity index (χ0v) is 14.2. The maximum atomic E-state index is 5.77. The predicted molar refractivity (Wildman–Crippen MR) is 94.9 cm³/mol. The summed E-state index contributed by atoms with van der Waals surface area (Å²) in [6.45, 7) is 0. The van der Waals surface area contributed by atoms with Crippen LogP contribution in [0.3, 0.4) is 0 Å². The molecule has 0 radical (unpaired) electrons. The summed E-state index contributed by atoms with van der Waals surface area (Å²) in [4.78, 5) is 0. The summed E-state index contributed by atoms with van der Waals surface area (Å²) in [6.07, 6.45) is 1.77. The van der Waals surface area contributed by atoms with Crippen LogP contribution in [0.2, 0.25) is 10.0 Å². The lowest BCUT2D eigenvalue weighted by molar-refractivity contribution is 1.09. The molecule has 0 amide bonds. The SMILES string of the molecule is Clc1ccc2c(I)[nH]nc2c1.Clc1ccc2cn[nH]c2c1. The first-order chi connectivity index (χ1) is 10.1. The van der Waals surface area contributed by atoms with Gasteiger partial charge < -0.3 is 0 Å². The number of hydrogen-bond acceptors (Lipinski definition) is 2. The number of H-pyrrole nitrogens is 2. The van der Waals surface area contributed by atoms with E-state index >= 15 is 0 Å². The van der Waals surface area contributed by atoms with Gasteiger partial charge in [0.15, 0.2) is 0 Å². The lowest BCUT2D eigenvalue weighted by Gasteiger charge is -1.88. The Bertz CT molecular complexity index is 900. The van der Waals surface area contributed by atoms with Crippen LogP contribution in [0.4, 0.5) is 0 Å². The molecular weight excluding hydrogens is 422 g/mol. The highest BCUT2D eigenvalue weighted by atomic mass is 127. The molecule has 4 rings (SSSR count). The average Bonchev–Trinajstić information content (AvgIpc) is 3.06. The number of halogens is 3. The van der Waals surface area contributed by atoms with Crippen LogP contribution in [0.1, 0.15) is 0 Å². The number of nitrogens with one attached hydrogen (secondary N) is 2. The number of rotatable bonds is 0. The summed E-state index contributed by atoms with van der Waals surface area (Å²) < 4.78 is 1.05. The van der Waals surface area contributed by atoms with Crippen molar-refractivity contribution in [3.8, 4) is 0 Å². The van der Waals surface area contributed by atoms with Gasteiger partial charge in [-0.3, -0.25) is 10.2 Å². The van der Waals surface area contributed by atoms with Crippen molar-refractivity contribution in [1.82, 2.24) is 20.4 Å². The Kier molecular flexibility index (Phi) is 4.32. The first-order valence-corrected chi connectivity index (χ1v) is 7.85. The van der Waals surface area contributed by atoms with Gasteiger partial charge in [-0.05, 0) is 59.0 Å². The highest BCUT2D eigenvalue weighted by molar-refractivity contribution is 14.1. The fourth-order valence-electron chi connectivity index (χ4n) is 1.86. The Morgan fingerprint density at radius 3 is 2.57 bits per heavy atom. The van der Waals surface area contributed by atoms with E-state index in [1.54, 1.807) is 6.20 Å². The summed E-state index contributed by atoms with van der Waals surface area (Å²) in [5, 5.41) is 17.3. The summed E-state index contributed by atoms with van der Waals surface area (Å²) >= 11 is 13.7. The normalized spacial score (nSPS) is 10.6. The summed E-state index contributed by atoms with van der Waals surface area (Å²) in [7, 11) is 0. The minimum Gasteiger partial charge on any atom is -0.278 e. The maximum absolute atomic E-state index is 5.77. The molecule has 0 aliphatic heterocycles. The number of aromatic nitrogens is 4. The van der Waals surface area contributed by atoms with Crippen molar-refractivity contribution >= 4 is 67.6 Å². The summed E-state index contributed by atoms with van der Waals surface area (Å²) in [5.41, 5.74) is 1.90. The van der Waals surface area contributed by atoms with E-state index in [9.17, 15) is 0 Å². The molecule has 2 aromatic heterocycles. The third-order valence-corrected chi connectivity index (χ3v) is 4.17. The fourth-order valence-corrected chi connectivity index (χ4v) is 2.78. The van der Waals surface area contributed by atoms with E-state index in [0.717, 1.165) is 35.6 Å². The van der Waals surface area contributed by atoms with Gasteiger partial charge in [0, 0.05) is 20.8 Å². The molecule has 0 fully saturated rings. The molecule has 4 nitrogen and oxygen atoms in total. The molecule has 0 unspecified atom stereocenters. The van der Waals surface area contributed by atoms with Gasteiger partial charge in [0.05, 0.1) is 17.2 Å². The molecule has 0 atom stereocenters. The highest BCUT2D eigenvalue weighted by Crippen LogP contribution is 2.20. The van der Waals surface area contributed by atoms with Crippen LogP contribution in [-0.2, 0) is 0 Å². The lowest BCUT2D eigenvalue weighted by atomic mass is 10.3. The molecule has 0 aliphatic rings. The second kappa shape index (κ2) is 6.21. The first kappa shape index (κ1) is 14.6. The number of aromatic amines is 2. The first-order valence-electron chi connectivity index (χ1n) is 6.01. The van der Waals surface area contributed by atoms with Gasteiger partial charge in [-0.25, -0.2) is 0 Å². The van der Waals surface area contributed by atoms with Gasteiger partial charge in [0.25, 0.3) is 0 Å². The second-order valence-electron chi connectivity index (χ2n) is 4.30. The Morgan fingerprint density at radius 2 is 1.71 bits per heavy atom. The van der Waals surface area contributed by atoms with Gasteiger partial charge >= 0.3 is 0 Å². The van der Waals surface area contributed by atoms with E-state index in [-0.39, 0.29) is 0 Å². The van der Waals surface area contributed by atoms with Crippen molar-refractivity contribution in [2.24, 2.45) is 0 Å². The Balaban J connectivity index is 0.000000126. The van der Waals surface area contributed by atoms with Crippen LogP contribution < -0.4 is 0 Å². The number of nitrogens with zero attached hydrogens (tertiary/aromatic N) is 2. The smallest absolute Gasteiger partial charge is 0.104 e. The molecule has 0 spiro atoms. The largest absolute Gasteiger partial charge is 0.278 e. The van der Waals surface area contributed by atoms with Crippen LogP contribution in [0.15, 0.2) is 42.6 Å². The standard InChI is InChI=1S/C7H4ClIN2.C7H5ClN2/c8-4-1-2-5-6(3-4)10-11-7(5)9;8-6-2-1-5-4-9-10-7(5)3-6/h1-3H,(H,10,11);1-4H,(H,9,10). The molecule has 0 bridgehead atoms. The molecule has 21 heavy (non-hydrogen) atoms. The Hall–Kier alpha value is -1.31. The van der Waals surface area contributed by atoms with E-state index < -0.39 is 0 Å². The van der Waals surface area contributed by atoms with E-state index in [1.165, 1.54) is 0 Å². The minimum atomic E-state index is 0.723.